The molecule has 0 aliphatic rings. The van der Waals surface area contributed by atoms with Crippen LogP contribution in [0.15, 0.2) is 0 Å². The van der Waals surface area contributed by atoms with Crippen LogP contribution in [0.25, 0.3) is 0 Å². The second-order valence-electron chi connectivity index (χ2n) is 8.60. The van der Waals surface area contributed by atoms with Crippen LogP contribution >= 0.6 is 0 Å². The van der Waals surface area contributed by atoms with Crippen molar-refractivity contribution in [3.05, 3.63) is 0 Å². The minimum atomic E-state index is -1.58. The normalized spacial score (nSPS) is 12.9. The van der Waals surface area contributed by atoms with Crippen LogP contribution in [0.5, 0.6) is 0 Å². The fraction of sp³-hybridized carbons (Fsp3) is 0.913. The Bertz CT molecular complexity index is 351. The summed E-state index contributed by atoms with van der Waals surface area (Å²) in [6, 6.07) is 1.28. The van der Waals surface area contributed by atoms with Gasteiger partial charge in [-0.2, -0.15) is 0 Å². The summed E-state index contributed by atoms with van der Waals surface area (Å²) in [7, 11) is -1.58. The molecule has 0 N–H and O–H groups in total. The molecule has 0 aliphatic carbocycles. The highest BCUT2D eigenvalue weighted by molar-refractivity contribution is 6.71. The molecule has 2 heteroatoms. The molecule has 0 heterocycles. The highest BCUT2D eigenvalue weighted by Gasteiger charge is 2.25. The summed E-state index contributed by atoms with van der Waals surface area (Å²) in [6.07, 6.45) is 16.2. The summed E-state index contributed by atoms with van der Waals surface area (Å²) in [6.45, 7) is 13.7. The van der Waals surface area contributed by atoms with Gasteiger partial charge in [-0.05, 0) is 31.5 Å². The average Bonchev–Trinajstić information content (AvgIpc) is 2.53. The number of hydrogen-bond donors (Lipinski definition) is 0. The molecule has 148 valence electrons. The molecule has 0 amide bonds. The van der Waals surface area contributed by atoms with Gasteiger partial charge in [0.1, 0.15) is 6.10 Å². The zero-order chi connectivity index (χ0) is 19.0. The van der Waals surface area contributed by atoms with Gasteiger partial charge in [0.25, 0.3) is 0 Å². The lowest BCUT2D eigenvalue weighted by Gasteiger charge is -2.27. The molecular formula is C23H46OSi. The monoisotopic (exact) mass is 366 g/mol. The summed E-state index contributed by atoms with van der Waals surface area (Å²) in [5, 5.41) is 0. The molecule has 0 saturated heterocycles. The Morgan fingerprint density at radius 1 is 0.800 bits per heavy atom. The van der Waals surface area contributed by atoms with E-state index < -0.39 is 8.32 Å². The van der Waals surface area contributed by atoms with Crippen molar-refractivity contribution < 1.29 is 4.43 Å². The van der Waals surface area contributed by atoms with Crippen LogP contribution < -0.4 is 0 Å². The van der Waals surface area contributed by atoms with E-state index in [-0.39, 0.29) is 6.10 Å². The van der Waals surface area contributed by atoms with Gasteiger partial charge in [0.2, 0.25) is 0 Å². The molecular weight excluding hydrogens is 320 g/mol. The van der Waals surface area contributed by atoms with E-state index >= 15 is 0 Å². The first kappa shape index (κ1) is 24.7. The van der Waals surface area contributed by atoms with E-state index in [2.05, 4.69) is 52.6 Å². The van der Waals surface area contributed by atoms with E-state index in [1.807, 2.05) is 0 Å². The lowest BCUT2D eigenvalue weighted by atomic mass is 10.1. The van der Waals surface area contributed by atoms with Crippen LogP contribution in [0.3, 0.4) is 0 Å². The minimum Gasteiger partial charge on any atom is -0.404 e. The van der Waals surface area contributed by atoms with E-state index in [0.717, 1.165) is 12.8 Å². The van der Waals surface area contributed by atoms with Crippen molar-refractivity contribution in [3.8, 4) is 11.8 Å². The highest BCUT2D eigenvalue weighted by Crippen LogP contribution is 2.21. The predicted molar refractivity (Wildman–Crippen MR) is 117 cm³/mol. The molecule has 25 heavy (non-hydrogen) atoms. The molecule has 0 spiro atoms. The zero-order valence-electron chi connectivity index (χ0n) is 18.3. The molecule has 1 unspecified atom stereocenters. The third-order valence-electron chi connectivity index (χ3n) is 4.72. The predicted octanol–water partition coefficient (Wildman–Crippen LogP) is 7.96. The quantitative estimate of drug-likeness (QED) is 0.162. The van der Waals surface area contributed by atoms with E-state index in [0.29, 0.717) is 5.92 Å². The van der Waals surface area contributed by atoms with Gasteiger partial charge in [0.15, 0.2) is 8.32 Å². The van der Waals surface area contributed by atoms with Crippen molar-refractivity contribution in [2.75, 3.05) is 0 Å². The third-order valence-corrected chi connectivity index (χ3v) is 7.20. The molecule has 0 radical (unpaired) electrons. The Morgan fingerprint density at radius 3 is 1.80 bits per heavy atom. The van der Waals surface area contributed by atoms with Crippen molar-refractivity contribution in [2.24, 2.45) is 5.92 Å². The maximum absolute atomic E-state index is 6.50. The lowest BCUT2D eigenvalue weighted by Crippen LogP contribution is -2.35. The van der Waals surface area contributed by atoms with Gasteiger partial charge in [0.05, 0.1) is 0 Å². The molecule has 0 aromatic heterocycles. The average molecular weight is 367 g/mol. The number of unbranched alkanes of at least 4 members (excludes halogenated alkanes) is 9. The van der Waals surface area contributed by atoms with Crippen molar-refractivity contribution in [2.45, 2.75) is 130 Å². The number of hydrogen-bond acceptors (Lipinski definition) is 1. The molecule has 0 aliphatic heterocycles. The van der Waals surface area contributed by atoms with Crippen LogP contribution in [0.1, 0.15) is 105 Å². The molecule has 1 atom stereocenters. The van der Waals surface area contributed by atoms with Crippen LogP contribution in [0, 0.1) is 17.8 Å². The fourth-order valence-electron chi connectivity index (χ4n) is 3.26. The Kier molecular flexibility index (Phi) is 15.8. The topological polar surface area (TPSA) is 9.23 Å². The Morgan fingerprint density at radius 2 is 1.32 bits per heavy atom. The molecule has 1 nitrogen and oxygen atoms in total. The molecule has 0 rings (SSSR count). The van der Waals surface area contributed by atoms with Gasteiger partial charge in [-0.1, -0.05) is 97.8 Å². The molecule has 0 aromatic carbocycles. The summed E-state index contributed by atoms with van der Waals surface area (Å²) in [5.74, 6) is 7.24. The standard InChI is InChI=1S/C23H46OSi/c1-7-9-11-12-13-14-15-16-17-18-20-25(5,6)24-23(19-10-8-2)21-22(3)4/h22-23H,7-9,11-18,20-21H2,1-6H3. The third kappa shape index (κ3) is 16.9. The molecule has 0 bridgehead atoms. The summed E-state index contributed by atoms with van der Waals surface area (Å²) in [4.78, 5) is 0. The fourth-order valence-corrected chi connectivity index (χ4v) is 5.41. The van der Waals surface area contributed by atoms with Gasteiger partial charge >= 0.3 is 0 Å². The highest BCUT2D eigenvalue weighted by atomic mass is 28.4. The van der Waals surface area contributed by atoms with Crippen molar-refractivity contribution >= 4 is 8.32 Å². The Hall–Kier alpha value is -0.263. The summed E-state index contributed by atoms with van der Waals surface area (Å²) in [5.41, 5.74) is 0. The first-order valence-electron chi connectivity index (χ1n) is 11.1. The van der Waals surface area contributed by atoms with E-state index in [1.54, 1.807) is 0 Å². The maximum Gasteiger partial charge on any atom is 0.188 e. The van der Waals surface area contributed by atoms with Crippen LogP contribution in [0.2, 0.25) is 19.1 Å². The van der Waals surface area contributed by atoms with Crippen LogP contribution in [-0.2, 0) is 4.43 Å². The second-order valence-corrected chi connectivity index (χ2v) is 12.9. The van der Waals surface area contributed by atoms with Gasteiger partial charge in [-0.25, -0.2) is 0 Å². The van der Waals surface area contributed by atoms with Crippen LogP contribution in [-0.4, -0.2) is 14.4 Å². The molecule has 0 saturated carbocycles. The van der Waals surface area contributed by atoms with Crippen molar-refractivity contribution in [1.29, 1.82) is 0 Å². The SMILES string of the molecule is CCC#CC(CC(C)C)O[Si](C)(C)CCCCCCCCCCCC. The van der Waals surface area contributed by atoms with E-state index in [4.69, 9.17) is 4.43 Å². The second kappa shape index (κ2) is 16.0. The molecule has 0 aromatic rings. The smallest absolute Gasteiger partial charge is 0.188 e. The first-order valence-corrected chi connectivity index (χ1v) is 14.2. The number of rotatable bonds is 15. The summed E-state index contributed by atoms with van der Waals surface area (Å²) < 4.78 is 6.50. The van der Waals surface area contributed by atoms with E-state index in [1.165, 1.54) is 70.3 Å². The Labute approximate surface area is 160 Å². The Balaban J connectivity index is 3.87. The van der Waals surface area contributed by atoms with Crippen molar-refractivity contribution in [3.63, 3.8) is 0 Å². The van der Waals surface area contributed by atoms with Gasteiger partial charge in [0, 0.05) is 6.42 Å². The van der Waals surface area contributed by atoms with E-state index in [9.17, 15) is 0 Å². The zero-order valence-corrected chi connectivity index (χ0v) is 19.3. The van der Waals surface area contributed by atoms with Crippen LogP contribution in [0.4, 0.5) is 0 Å². The molecule has 0 fully saturated rings. The van der Waals surface area contributed by atoms with Gasteiger partial charge in [-0.15, -0.1) is 5.92 Å². The van der Waals surface area contributed by atoms with Gasteiger partial charge < -0.3 is 4.43 Å². The van der Waals surface area contributed by atoms with Gasteiger partial charge in [-0.3, -0.25) is 0 Å². The largest absolute Gasteiger partial charge is 0.404 e. The summed E-state index contributed by atoms with van der Waals surface area (Å²) >= 11 is 0. The minimum absolute atomic E-state index is 0.157. The maximum atomic E-state index is 6.50. The lowest BCUT2D eigenvalue weighted by molar-refractivity contribution is 0.217. The van der Waals surface area contributed by atoms with Crippen molar-refractivity contribution in [1.82, 2.24) is 0 Å². The first-order chi connectivity index (χ1) is 11.9.